The van der Waals surface area contributed by atoms with Gasteiger partial charge in [0.1, 0.15) is 16.9 Å². The third-order valence-electron chi connectivity index (χ3n) is 6.24. The number of carbonyl (C=O) groups excluding carboxylic acids is 2. The third kappa shape index (κ3) is 3.92. The summed E-state index contributed by atoms with van der Waals surface area (Å²) in [7, 11) is 0. The second-order valence-corrected chi connectivity index (χ2v) is 9.92. The maximum atomic E-state index is 13.8. The molecule has 0 unspecified atom stereocenters. The topological polar surface area (TPSA) is 67.2 Å². The Morgan fingerprint density at radius 2 is 1.85 bits per heavy atom. The van der Waals surface area contributed by atoms with E-state index in [-0.39, 0.29) is 18.4 Å². The van der Waals surface area contributed by atoms with Crippen LogP contribution in [0.1, 0.15) is 34.1 Å². The summed E-state index contributed by atoms with van der Waals surface area (Å²) >= 11 is 1.57. The van der Waals surface area contributed by atoms with Gasteiger partial charge in [0.2, 0.25) is 5.91 Å². The van der Waals surface area contributed by atoms with Crippen molar-refractivity contribution in [3.8, 4) is 10.6 Å². The molecule has 2 amide bonds. The van der Waals surface area contributed by atoms with Crippen LogP contribution in [0.5, 0.6) is 0 Å². The van der Waals surface area contributed by atoms with Gasteiger partial charge in [0.15, 0.2) is 0 Å². The van der Waals surface area contributed by atoms with Crippen molar-refractivity contribution in [2.24, 2.45) is 0 Å². The molecule has 0 saturated carbocycles. The molecule has 3 heterocycles. The molecule has 0 saturated heterocycles. The highest BCUT2D eigenvalue weighted by Crippen LogP contribution is 2.35. The zero-order valence-electron chi connectivity index (χ0n) is 19.4. The molecule has 4 aromatic rings. The van der Waals surface area contributed by atoms with Crippen molar-refractivity contribution in [2.75, 3.05) is 4.90 Å². The van der Waals surface area contributed by atoms with Crippen molar-refractivity contribution in [1.82, 2.24) is 15.1 Å². The lowest BCUT2D eigenvalue weighted by Crippen LogP contribution is -2.64. The van der Waals surface area contributed by atoms with Crippen LogP contribution in [0.3, 0.4) is 0 Å². The first-order valence-corrected chi connectivity index (χ1v) is 12.1. The summed E-state index contributed by atoms with van der Waals surface area (Å²) in [5, 5.41) is 9.74. The maximum absolute atomic E-state index is 13.8. The van der Waals surface area contributed by atoms with E-state index in [1.54, 1.807) is 20.9 Å². The lowest BCUT2D eigenvalue weighted by molar-refractivity contribution is -0.126. The standard InChI is InChI=1S/C27H26N4O2S/c1-18-9-11-21(12-10-18)31-25(32)23-15-22(24-8-5-13-34-24)29-30(23)17-27(31,3)26(33)28-16-20-7-4-6-19(2)14-20/h4-15H,16-17H2,1-3H3,(H,28,33)/t27-/m1/s1. The predicted molar refractivity (Wildman–Crippen MR) is 135 cm³/mol. The molecule has 0 fully saturated rings. The Kier molecular flexibility index (Phi) is 5.57. The zero-order valence-corrected chi connectivity index (χ0v) is 20.2. The van der Waals surface area contributed by atoms with Crippen molar-refractivity contribution < 1.29 is 9.59 Å². The Hall–Kier alpha value is -3.71. The minimum Gasteiger partial charge on any atom is -0.350 e. The van der Waals surface area contributed by atoms with Gasteiger partial charge in [0, 0.05) is 12.2 Å². The molecule has 1 aliphatic heterocycles. The molecular weight excluding hydrogens is 444 g/mol. The SMILES string of the molecule is Cc1ccc(N2C(=O)c3cc(-c4cccs4)nn3C[C@]2(C)C(=O)NCc2cccc(C)c2)cc1. The van der Waals surface area contributed by atoms with E-state index >= 15 is 0 Å². The molecule has 0 aliphatic carbocycles. The fourth-order valence-corrected chi connectivity index (χ4v) is 5.10. The molecule has 0 radical (unpaired) electrons. The molecule has 1 aliphatic rings. The largest absolute Gasteiger partial charge is 0.350 e. The first-order valence-electron chi connectivity index (χ1n) is 11.2. The fraction of sp³-hybridized carbons (Fsp3) is 0.222. The van der Waals surface area contributed by atoms with Gasteiger partial charge < -0.3 is 5.32 Å². The number of fused-ring (bicyclic) bond motifs is 1. The van der Waals surface area contributed by atoms with E-state index in [1.165, 1.54) is 0 Å². The molecule has 2 aromatic heterocycles. The summed E-state index contributed by atoms with van der Waals surface area (Å²) in [6.07, 6.45) is 0. The van der Waals surface area contributed by atoms with Crippen molar-refractivity contribution >= 4 is 28.8 Å². The Labute approximate surface area is 202 Å². The summed E-state index contributed by atoms with van der Waals surface area (Å²) in [5.41, 5.74) is 3.99. The summed E-state index contributed by atoms with van der Waals surface area (Å²) in [4.78, 5) is 30.1. The normalized spacial score (nSPS) is 17.5. The van der Waals surface area contributed by atoms with Gasteiger partial charge in [-0.05, 0) is 56.0 Å². The summed E-state index contributed by atoms with van der Waals surface area (Å²) < 4.78 is 1.67. The Balaban J connectivity index is 1.53. The molecule has 1 N–H and O–H groups in total. The molecule has 1 atom stereocenters. The summed E-state index contributed by atoms with van der Waals surface area (Å²) in [6, 6.07) is 21.5. The number of nitrogens with zero attached hydrogens (tertiary/aromatic N) is 3. The molecule has 0 spiro atoms. The maximum Gasteiger partial charge on any atom is 0.277 e. The van der Waals surface area contributed by atoms with E-state index < -0.39 is 5.54 Å². The van der Waals surface area contributed by atoms with E-state index in [2.05, 4.69) is 5.32 Å². The number of nitrogens with one attached hydrogen (secondary N) is 1. The number of amides is 2. The lowest BCUT2D eigenvalue weighted by Gasteiger charge is -2.43. The lowest BCUT2D eigenvalue weighted by atomic mass is 9.93. The molecule has 0 bridgehead atoms. The highest BCUT2D eigenvalue weighted by molar-refractivity contribution is 7.13. The first kappa shape index (κ1) is 22.1. The summed E-state index contributed by atoms with van der Waals surface area (Å²) in [6.45, 7) is 6.48. The third-order valence-corrected chi connectivity index (χ3v) is 7.14. The Morgan fingerprint density at radius 3 is 2.56 bits per heavy atom. The fourth-order valence-electron chi connectivity index (χ4n) is 4.42. The van der Waals surface area contributed by atoms with Gasteiger partial charge in [-0.1, -0.05) is 53.6 Å². The smallest absolute Gasteiger partial charge is 0.277 e. The van der Waals surface area contributed by atoms with Gasteiger partial charge in [-0.3, -0.25) is 19.2 Å². The minimum atomic E-state index is -1.15. The van der Waals surface area contributed by atoms with Crippen LogP contribution in [0.25, 0.3) is 10.6 Å². The van der Waals surface area contributed by atoms with Crippen LogP contribution in [0.15, 0.2) is 72.1 Å². The molecule has 34 heavy (non-hydrogen) atoms. The molecule has 172 valence electrons. The number of rotatable bonds is 5. The van der Waals surface area contributed by atoms with Crippen molar-refractivity contribution in [3.63, 3.8) is 0 Å². The number of hydrogen-bond acceptors (Lipinski definition) is 4. The summed E-state index contributed by atoms with van der Waals surface area (Å²) in [5.74, 6) is -0.458. The van der Waals surface area contributed by atoms with Gasteiger partial charge in [-0.2, -0.15) is 5.10 Å². The van der Waals surface area contributed by atoms with Gasteiger partial charge in [-0.25, -0.2) is 0 Å². The number of aryl methyl sites for hydroxylation is 2. The second kappa shape index (κ2) is 8.57. The van der Waals surface area contributed by atoms with Gasteiger partial charge >= 0.3 is 0 Å². The van der Waals surface area contributed by atoms with Crippen LogP contribution in [-0.2, 0) is 17.9 Å². The zero-order chi connectivity index (χ0) is 23.9. The highest BCUT2D eigenvalue weighted by Gasteiger charge is 2.48. The van der Waals surface area contributed by atoms with Gasteiger partial charge in [0.25, 0.3) is 5.91 Å². The molecule has 6 nitrogen and oxygen atoms in total. The average molecular weight is 471 g/mol. The van der Waals surface area contributed by atoms with Crippen LogP contribution in [0.2, 0.25) is 0 Å². The van der Waals surface area contributed by atoms with E-state index in [0.717, 1.165) is 27.3 Å². The van der Waals surface area contributed by atoms with Crippen molar-refractivity contribution in [1.29, 1.82) is 0 Å². The number of benzene rings is 2. The van der Waals surface area contributed by atoms with E-state index in [4.69, 9.17) is 5.10 Å². The average Bonchev–Trinajstić information content (AvgIpc) is 3.49. The second-order valence-electron chi connectivity index (χ2n) is 8.97. The minimum absolute atomic E-state index is 0.221. The van der Waals surface area contributed by atoms with Crippen LogP contribution in [-0.4, -0.2) is 27.1 Å². The number of anilines is 1. The van der Waals surface area contributed by atoms with E-state index in [0.29, 0.717) is 17.9 Å². The Bertz CT molecular complexity index is 1360. The molecule has 5 rings (SSSR count). The number of aromatic nitrogens is 2. The highest BCUT2D eigenvalue weighted by atomic mass is 32.1. The van der Waals surface area contributed by atoms with Crippen molar-refractivity contribution in [2.45, 2.75) is 39.4 Å². The van der Waals surface area contributed by atoms with Crippen LogP contribution < -0.4 is 10.2 Å². The predicted octanol–water partition coefficient (Wildman–Crippen LogP) is 4.96. The van der Waals surface area contributed by atoms with E-state index in [1.807, 2.05) is 92.9 Å². The van der Waals surface area contributed by atoms with Crippen molar-refractivity contribution in [3.05, 3.63) is 94.5 Å². The van der Waals surface area contributed by atoms with Gasteiger partial charge in [0.05, 0.1) is 11.4 Å². The monoisotopic (exact) mass is 470 g/mol. The van der Waals surface area contributed by atoms with Gasteiger partial charge in [-0.15, -0.1) is 11.3 Å². The quantitative estimate of drug-likeness (QED) is 0.448. The van der Waals surface area contributed by atoms with Crippen LogP contribution in [0.4, 0.5) is 5.69 Å². The number of hydrogen-bond donors (Lipinski definition) is 1. The molecule has 7 heteroatoms. The molecule has 2 aromatic carbocycles. The van der Waals surface area contributed by atoms with E-state index in [9.17, 15) is 9.59 Å². The first-order chi connectivity index (χ1) is 16.3. The number of thiophene rings is 1. The number of carbonyl (C=O) groups is 2. The van der Waals surface area contributed by atoms with Crippen LogP contribution >= 0.6 is 11.3 Å². The molecular formula is C27H26N4O2S. The van der Waals surface area contributed by atoms with Crippen LogP contribution in [0, 0.1) is 13.8 Å². The Morgan fingerprint density at radius 1 is 1.06 bits per heavy atom.